The topological polar surface area (TPSA) is 42.3 Å². The largest absolute Gasteiger partial charge is 0.389 e. The van der Waals surface area contributed by atoms with Gasteiger partial charge in [-0.1, -0.05) is 5.18 Å². The molecule has 1 heterocycles. The van der Waals surface area contributed by atoms with Gasteiger partial charge in [0.2, 0.25) is 0 Å². The third-order valence-electron chi connectivity index (χ3n) is 2.31. The summed E-state index contributed by atoms with van der Waals surface area (Å²) in [6.07, 6.45) is -3.73. The second-order valence-electron chi connectivity index (χ2n) is 3.44. The van der Waals surface area contributed by atoms with Crippen molar-refractivity contribution in [3.63, 3.8) is 0 Å². The average molecular weight is 232 g/mol. The van der Waals surface area contributed by atoms with E-state index in [2.05, 4.69) is 10.2 Å². The molecule has 0 aliphatic carbocycles. The summed E-state index contributed by atoms with van der Waals surface area (Å²) in [4.78, 5) is 14.0. The van der Waals surface area contributed by atoms with Crippen LogP contribution in [0.25, 0.3) is 0 Å². The summed E-state index contributed by atoms with van der Waals surface area (Å²) in [7, 11) is 0. The highest BCUT2D eigenvalue weighted by Crippen LogP contribution is 2.23. The maximum absolute atomic E-state index is 12.0. The Morgan fingerprint density at radius 3 is 2.69 bits per heavy atom. The van der Waals surface area contributed by atoms with Gasteiger partial charge in [0.05, 0.1) is 5.69 Å². The van der Waals surface area contributed by atoms with Gasteiger partial charge in [-0.15, -0.1) is 0 Å². The number of alkyl halides is 3. The van der Waals surface area contributed by atoms with Gasteiger partial charge in [-0.2, -0.15) is 18.1 Å². The van der Waals surface area contributed by atoms with Crippen molar-refractivity contribution in [2.75, 3.05) is 0 Å². The molecule has 0 unspecified atom stereocenters. The lowest BCUT2D eigenvalue weighted by Gasteiger charge is -2.10. The standard InChI is InChI=1S/C10H11F3N2O/c1-7-8(2-4-10(11,12)13)3-5-14-9(7)6-15-16/h3,5H,2,4,6H2,1H3. The van der Waals surface area contributed by atoms with E-state index in [4.69, 9.17) is 0 Å². The van der Waals surface area contributed by atoms with Crippen LogP contribution in [-0.2, 0) is 13.0 Å². The summed E-state index contributed by atoms with van der Waals surface area (Å²) in [5.41, 5.74) is 1.62. The van der Waals surface area contributed by atoms with Crippen LogP contribution >= 0.6 is 0 Å². The minimum atomic E-state index is -4.17. The Balaban J connectivity index is 2.80. The zero-order valence-corrected chi connectivity index (χ0v) is 8.71. The Morgan fingerprint density at radius 1 is 1.44 bits per heavy atom. The molecule has 0 fully saturated rings. The van der Waals surface area contributed by atoms with Crippen molar-refractivity contribution in [1.82, 2.24) is 4.98 Å². The Morgan fingerprint density at radius 2 is 2.12 bits per heavy atom. The molecule has 3 nitrogen and oxygen atoms in total. The summed E-state index contributed by atoms with van der Waals surface area (Å²) in [5, 5.41) is 2.68. The van der Waals surface area contributed by atoms with Gasteiger partial charge in [-0.05, 0) is 30.5 Å². The molecule has 0 aliphatic rings. The van der Waals surface area contributed by atoms with Gasteiger partial charge >= 0.3 is 6.18 Å². The lowest BCUT2D eigenvalue weighted by atomic mass is 10.0. The lowest BCUT2D eigenvalue weighted by Crippen LogP contribution is -2.09. The molecule has 16 heavy (non-hydrogen) atoms. The molecule has 6 heteroatoms. The first-order chi connectivity index (χ1) is 7.44. The first kappa shape index (κ1) is 12.6. The third kappa shape index (κ3) is 3.60. The molecular weight excluding hydrogens is 221 g/mol. The van der Waals surface area contributed by atoms with Gasteiger partial charge in [0.25, 0.3) is 0 Å². The Kier molecular flexibility index (Phi) is 3.98. The molecule has 0 aliphatic heterocycles. The van der Waals surface area contributed by atoms with Crippen LogP contribution in [0.2, 0.25) is 0 Å². The fourth-order valence-corrected chi connectivity index (χ4v) is 1.39. The van der Waals surface area contributed by atoms with E-state index in [-0.39, 0.29) is 13.0 Å². The molecule has 0 saturated carbocycles. The van der Waals surface area contributed by atoms with E-state index in [9.17, 15) is 18.1 Å². The van der Waals surface area contributed by atoms with Gasteiger partial charge in [0.1, 0.15) is 6.54 Å². The summed E-state index contributed by atoms with van der Waals surface area (Å²) in [6, 6.07) is 1.54. The van der Waals surface area contributed by atoms with Crippen LogP contribution in [0.1, 0.15) is 23.2 Å². The second kappa shape index (κ2) is 5.05. The molecule has 0 aromatic carbocycles. The number of aryl methyl sites for hydroxylation is 1. The molecule has 88 valence electrons. The van der Waals surface area contributed by atoms with E-state index in [1.54, 1.807) is 6.92 Å². The van der Waals surface area contributed by atoms with Gasteiger partial charge in [-0.3, -0.25) is 4.98 Å². The molecule has 0 radical (unpaired) electrons. The quantitative estimate of drug-likeness (QED) is 0.748. The van der Waals surface area contributed by atoms with Gasteiger partial charge < -0.3 is 0 Å². The Hall–Kier alpha value is -1.46. The summed E-state index contributed by atoms with van der Waals surface area (Å²) < 4.78 is 36.1. The van der Waals surface area contributed by atoms with E-state index in [0.717, 1.165) is 0 Å². The number of halogens is 3. The number of aromatic nitrogens is 1. The molecule has 0 N–H and O–H groups in total. The zero-order chi connectivity index (χ0) is 12.2. The normalized spacial score (nSPS) is 11.5. The SMILES string of the molecule is Cc1c(CCC(F)(F)F)ccnc1CN=O. The summed E-state index contributed by atoms with van der Waals surface area (Å²) in [5.74, 6) is 0. The number of rotatable bonds is 4. The number of hydrogen-bond acceptors (Lipinski definition) is 3. The van der Waals surface area contributed by atoms with Crippen molar-refractivity contribution >= 4 is 0 Å². The molecule has 0 amide bonds. The fourth-order valence-electron chi connectivity index (χ4n) is 1.39. The number of pyridine rings is 1. The summed E-state index contributed by atoms with van der Waals surface area (Å²) in [6.45, 7) is 1.55. The van der Waals surface area contributed by atoms with Crippen molar-refractivity contribution < 1.29 is 13.2 Å². The van der Waals surface area contributed by atoms with E-state index in [1.807, 2.05) is 0 Å². The fraction of sp³-hybridized carbons (Fsp3) is 0.500. The second-order valence-corrected chi connectivity index (χ2v) is 3.44. The van der Waals surface area contributed by atoms with Crippen LogP contribution in [0, 0.1) is 11.8 Å². The van der Waals surface area contributed by atoms with Crippen molar-refractivity contribution in [2.45, 2.75) is 32.5 Å². The van der Waals surface area contributed by atoms with Gasteiger partial charge in [-0.25, -0.2) is 0 Å². The predicted octanol–water partition coefficient (Wildman–Crippen LogP) is 3.15. The highest BCUT2D eigenvalue weighted by Gasteiger charge is 2.26. The van der Waals surface area contributed by atoms with Gasteiger partial charge in [0, 0.05) is 12.6 Å². The molecule has 0 spiro atoms. The number of nitrogens with zero attached hydrogens (tertiary/aromatic N) is 2. The van der Waals surface area contributed by atoms with Crippen LogP contribution < -0.4 is 0 Å². The van der Waals surface area contributed by atoms with Crippen LogP contribution in [0.4, 0.5) is 13.2 Å². The van der Waals surface area contributed by atoms with Crippen molar-refractivity contribution in [2.24, 2.45) is 5.18 Å². The van der Waals surface area contributed by atoms with E-state index in [0.29, 0.717) is 16.8 Å². The molecule has 1 aromatic heterocycles. The predicted molar refractivity (Wildman–Crippen MR) is 52.8 cm³/mol. The van der Waals surface area contributed by atoms with E-state index >= 15 is 0 Å². The van der Waals surface area contributed by atoms with Crippen molar-refractivity contribution in [3.05, 3.63) is 34.0 Å². The Bertz CT molecular complexity index is 377. The van der Waals surface area contributed by atoms with Crippen LogP contribution in [-0.4, -0.2) is 11.2 Å². The average Bonchev–Trinajstić information content (AvgIpc) is 2.18. The van der Waals surface area contributed by atoms with Crippen molar-refractivity contribution in [1.29, 1.82) is 0 Å². The summed E-state index contributed by atoms with van der Waals surface area (Å²) >= 11 is 0. The van der Waals surface area contributed by atoms with E-state index < -0.39 is 12.6 Å². The monoisotopic (exact) mass is 232 g/mol. The lowest BCUT2D eigenvalue weighted by molar-refractivity contribution is -0.134. The molecule has 0 saturated heterocycles. The number of nitroso groups, excluding NO2 is 1. The maximum atomic E-state index is 12.0. The van der Waals surface area contributed by atoms with Gasteiger partial charge in [0.15, 0.2) is 0 Å². The minimum absolute atomic E-state index is 0.0935. The first-order valence-corrected chi connectivity index (χ1v) is 4.73. The van der Waals surface area contributed by atoms with Crippen LogP contribution in [0.5, 0.6) is 0 Å². The molecule has 0 atom stereocenters. The third-order valence-corrected chi connectivity index (χ3v) is 2.31. The number of hydrogen-bond donors (Lipinski definition) is 0. The maximum Gasteiger partial charge on any atom is 0.389 e. The molecule has 0 bridgehead atoms. The molecular formula is C10H11F3N2O. The van der Waals surface area contributed by atoms with Crippen molar-refractivity contribution in [3.8, 4) is 0 Å². The highest BCUT2D eigenvalue weighted by molar-refractivity contribution is 5.28. The van der Waals surface area contributed by atoms with E-state index in [1.165, 1.54) is 12.3 Å². The highest BCUT2D eigenvalue weighted by atomic mass is 19.4. The molecule has 1 rings (SSSR count). The zero-order valence-electron chi connectivity index (χ0n) is 8.71. The van der Waals surface area contributed by atoms with Crippen LogP contribution in [0.3, 0.4) is 0 Å². The smallest absolute Gasteiger partial charge is 0.259 e. The minimum Gasteiger partial charge on any atom is -0.259 e. The van der Waals surface area contributed by atoms with Crippen LogP contribution in [0.15, 0.2) is 17.4 Å². The first-order valence-electron chi connectivity index (χ1n) is 4.73. The Labute approximate surface area is 90.7 Å². The molecule has 1 aromatic rings.